The molecule has 0 saturated heterocycles. The monoisotopic (exact) mass is 284 g/mol. The number of hydrogen-bond donors (Lipinski definition) is 3. The van der Waals surface area contributed by atoms with Gasteiger partial charge >= 0.3 is 12.0 Å². The number of amides is 2. The summed E-state index contributed by atoms with van der Waals surface area (Å²) in [6.07, 6.45) is 1.88. The molecule has 1 atom stereocenters. The van der Waals surface area contributed by atoms with E-state index in [1.165, 1.54) is 18.2 Å². The van der Waals surface area contributed by atoms with Crippen LogP contribution in [0.2, 0.25) is 5.02 Å². The molecule has 0 saturated carbocycles. The van der Waals surface area contributed by atoms with Crippen molar-refractivity contribution in [2.75, 3.05) is 5.32 Å². The molecule has 0 fully saturated rings. The van der Waals surface area contributed by atoms with E-state index in [1.807, 2.05) is 13.8 Å². The van der Waals surface area contributed by atoms with Gasteiger partial charge in [-0.1, -0.05) is 24.9 Å². The molecule has 0 spiro atoms. The minimum atomic E-state index is -1.10. The number of benzene rings is 1. The number of carbonyl (C=O) groups is 2. The van der Waals surface area contributed by atoms with E-state index in [9.17, 15) is 9.59 Å². The maximum atomic E-state index is 11.6. The van der Waals surface area contributed by atoms with Crippen LogP contribution in [-0.4, -0.2) is 23.1 Å². The predicted molar refractivity (Wildman–Crippen MR) is 74.9 cm³/mol. The first kappa shape index (κ1) is 15.3. The third-order valence-corrected chi connectivity index (χ3v) is 2.87. The molecule has 0 aliphatic carbocycles. The maximum absolute atomic E-state index is 11.6. The molecule has 19 heavy (non-hydrogen) atoms. The molecule has 1 unspecified atom stereocenters. The standard InChI is InChI=1S/C13H17ClN2O3/c1-3-4-8(2)15-13(19)16-9-5-6-10(12(17)18)11(14)7-9/h5-8H,3-4H2,1-2H3,(H,17,18)(H2,15,16,19). The van der Waals surface area contributed by atoms with Crippen molar-refractivity contribution < 1.29 is 14.7 Å². The molecular weight excluding hydrogens is 268 g/mol. The van der Waals surface area contributed by atoms with E-state index >= 15 is 0 Å². The molecule has 1 aromatic rings. The van der Waals surface area contributed by atoms with Crippen LogP contribution in [0, 0.1) is 0 Å². The van der Waals surface area contributed by atoms with Crippen LogP contribution >= 0.6 is 11.6 Å². The van der Waals surface area contributed by atoms with Gasteiger partial charge in [-0.15, -0.1) is 0 Å². The number of carboxylic acids is 1. The Balaban J connectivity index is 2.65. The van der Waals surface area contributed by atoms with Crippen molar-refractivity contribution in [3.8, 4) is 0 Å². The Kier molecular flexibility index (Phi) is 5.63. The fourth-order valence-corrected chi connectivity index (χ4v) is 1.92. The predicted octanol–water partition coefficient (Wildman–Crippen LogP) is 3.35. The van der Waals surface area contributed by atoms with Gasteiger partial charge in [0, 0.05) is 11.7 Å². The van der Waals surface area contributed by atoms with E-state index in [-0.39, 0.29) is 22.7 Å². The number of aromatic carboxylic acids is 1. The number of carbonyl (C=O) groups excluding carboxylic acids is 1. The zero-order valence-electron chi connectivity index (χ0n) is 10.9. The number of carboxylic acid groups (broad SMARTS) is 1. The molecule has 104 valence electrons. The van der Waals surface area contributed by atoms with Gasteiger partial charge in [0.1, 0.15) is 0 Å². The lowest BCUT2D eigenvalue weighted by atomic mass is 10.2. The normalized spacial score (nSPS) is 11.7. The largest absolute Gasteiger partial charge is 0.478 e. The summed E-state index contributed by atoms with van der Waals surface area (Å²) < 4.78 is 0. The summed E-state index contributed by atoms with van der Waals surface area (Å²) in [4.78, 5) is 22.4. The van der Waals surface area contributed by atoms with Crippen molar-refractivity contribution in [3.05, 3.63) is 28.8 Å². The second-order valence-corrected chi connectivity index (χ2v) is 4.70. The van der Waals surface area contributed by atoms with Gasteiger partial charge in [-0.2, -0.15) is 0 Å². The highest BCUT2D eigenvalue weighted by Crippen LogP contribution is 2.20. The van der Waals surface area contributed by atoms with Crippen LogP contribution in [0.25, 0.3) is 0 Å². The van der Waals surface area contributed by atoms with Crippen LogP contribution in [-0.2, 0) is 0 Å². The van der Waals surface area contributed by atoms with Crippen molar-refractivity contribution in [1.29, 1.82) is 0 Å². The molecular formula is C13H17ClN2O3. The van der Waals surface area contributed by atoms with Gasteiger partial charge in [0.05, 0.1) is 10.6 Å². The fraction of sp³-hybridized carbons (Fsp3) is 0.385. The van der Waals surface area contributed by atoms with Crippen LogP contribution in [0.15, 0.2) is 18.2 Å². The number of rotatable bonds is 5. The SMILES string of the molecule is CCCC(C)NC(=O)Nc1ccc(C(=O)O)c(Cl)c1. The third kappa shape index (κ3) is 4.79. The summed E-state index contributed by atoms with van der Waals surface area (Å²) in [6, 6.07) is 4.02. The minimum Gasteiger partial charge on any atom is -0.478 e. The van der Waals surface area contributed by atoms with Gasteiger partial charge in [-0.25, -0.2) is 9.59 Å². The summed E-state index contributed by atoms with van der Waals surface area (Å²) >= 11 is 5.81. The average molecular weight is 285 g/mol. The quantitative estimate of drug-likeness (QED) is 0.776. The van der Waals surface area contributed by atoms with E-state index in [1.54, 1.807) is 0 Å². The van der Waals surface area contributed by atoms with Gasteiger partial charge in [0.25, 0.3) is 0 Å². The van der Waals surface area contributed by atoms with E-state index in [0.717, 1.165) is 12.8 Å². The highest BCUT2D eigenvalue weighted by atomic mass is 35.5. The average Bonchev–Trinajstić information content (AvgIpc) is 2.28. The van der Waals surface area contributed by atoms with E-state index < -0.39 is 5.97 Å². The summed E-state index contributed by atoms with van der Waals surface area (Å²) in [5.41, 5.74) is 0.461. The zero-order valence-corrected chi connectivity index (χ0v) is 11.6. The van der Waals surface area contributed by atoms with Crippen molar-refractivity contribution in [2.24, 2.45) is 0 Å². The highest BCUT2D eigenvalue weighted by Gasteiger charge is 2.11. The number of hydrogen-bond acceptors (Lipinski definition) is 2. The number of anilines is 1. The van der Waals surface area contributed by atoms with Crippen LogP contribution in [0.1, 0.15) is 37.0 Å². The van der Waals surface area contributed by atoms with Gasteiger partial charge < -0.3 is 15.7 Å². The lowest BCUT2D eigenvalue weighted by molar-refractivity contribution is 0.0697. The Labute approximate surface area is 117 Å². The molecule has 1 rings (SSSR count). The lowest BCUT2D eigenvalue weighted by Gasteiger charge is -2.14. The van der Waals surface area contributed by atoms with Crippen molar-refractivity contribution in [3.63, 3.8) is 0 Å². The lowest BCUT2D eigenvalue weighted by Crippen LogP contribution is -2.35. The van der Waals surface area contributed by atoms with Crippen molar-refractivity contribution in [1.82, 2.24) is 5.32 Å². The summed E-state index contributed by atoms with van der Waals surface area (Å²) in [6.45, 7) is 3.96. The molecule has 1 aromatic carbocycles. The number of urea groups is 1. The Bertz CT molecular complexity index is 477. The molecule has 5 nitrogen and oxygen atoms in total. The third-order valence-electron chi connectivity index (χ3n) is 2.56. The maximum Gasteiger partial charge on any atom is 0.337 e. The first-order valence-corrected chi connectivity index (χ1v) is 6.42. The Morgan fingerprint density at radius 1 is 1.42 bits per heavy atom. The molecule has 0 heterocycles. The fourth-order valence-electron chi connectivity index (χ4n) is 1.66. The van der Waals surface area contributed by atoms with Crippen LogP contribution in [0.3, 0.4) is 0 Å². The number of nitrogens with one attached hydrogen (secondary N) is 2. The molecule has 2 amide bonds. The first-order chi connectivity index (χ1) is 8.93. The molecule has 3 N–H and O–H groups in total. The summed E-state index contributed by atoms with van der Waals surface area (Å²) in [5.74, 6) is -1.10. The molecule has 0 aliphatic heterocycles. The Hall–Kier alpha value is -1.75. The van der Waals surface area contributed by atoms with Gasteiger partial charge in [-0.05, 0) is 31.5 Å². The second kappa shape index (κ2) is 6.99. The highest BCUT2D eigenvalue weighted by molar-refractivity contribution is 6.33. The Morgan fingerprint density at radius 2 is 2.11 bits per heavy atom. The zero-order chi connectivity index (χ0) is 14.4. The van der Waals surface area contributed by atoms with Crippen LogP contribution in [0.4, 0.5) is 10.5 Å². The molecule has 0 radical (unpaired) electrons. The van der Waals surface area contributed by atoms with Gasteiger partial charge in [-0.3, -0.25) is 0 Å². The van der Waals surface area contributed by atoms with E-state index in [2.05, 4.69) is 10.6 Å². The molecule has 0 aromatic heterocycles. The minimum absolute atomic E-state index is 0.00646. The van der Waals surface area contributed by atoms with Gasteiger partial charge in [0.2, 0.25) is 0 Å². The van der Waals surface area contributed by atoms with Crippen molar-refractivity contribution >= 4 is 29.3 Å². The van der Waals surface area contributed by atoms with Gasteiger partial charge in [0.15, 0.2) is 0 Å². The van der Waals surface area contributed by atoms with Crippen LogP contribution < -0.4 is 10.6 Å². The molecule has 6 heteroatoms. The van der Waals surface area contributed by atoms with E-state index in [0.29, 0.717) is 5.69 Å². The molecule has 0 bridgehead atoms. The molecule has 0 aliphatic rings. The first-order valence-electron chi connectivity index (χ1n) is 6.04. The summed E-state index contributed by atoms with van der Waals surface area (Å²) in [7, 11) is 0. The van der Waals surface area contributed by atoms with E-state index in [4.69, 9.17) is 16.7 Å². The van der Waals surface area contributed by atoms with Crippen molar-refractivity contribution in [2.45, 2.75) is 32.7 Å². The summed E-state index contributed by atoms with van der Waals surface area (Å²) in [5, 5.41) is 14.3. The Morgan fingerprint density at radius 3 is 2.63 bits per heavy atom. The second-order valence-electron chi connectivity index (χ2n) is 4.29. The van der Waals surface area contributed by atoms with Crippen LogP contribution in [0.5, 0.6) is 0 Å². The number of halogens is 1. The topological polar surface area (TPSA) is 78.4 Å². The smallest absolute Gasteiger partial charge is 0.337 e.